The monoisotopic (exact) mass is 144 g/mol. The van der Waals surface area contributed by atoms with Crippen molar-refractivity contribution >= 4 is 17.4 Å². The second-order valence-electron chi connectivity index (χ2n) is 3.07. The number of ketones is 1. The van der Waals surface area contributed by atoms with E-state index in [-0.39, 0.29) is 5.38 Å². The fourth-order valence-corrected chi connectivity index (χ4v) is 2.41. The number of rotatable bonds is 0. The van der Waals surface area contributed by atoms with Crippen LogP contribution in [0.4, 0.5) is 0 Å². The smallest absolute Gasteiger partial charge is 0.154 e. The number of carbonyl (C=O) groups is 1. The summed E-state index contributed by atoms with van der Waals surface area (Å²) in [7, 11) is 0. The number of hydrogen-bond acceptors (Lipinski definition) is 1. The Morgan fingerprint density at radius 1 is 1.44 bits per heavy atom. The highest BCUT2D eigenvalue weighted by molar-refractivity contribution is 6.32. The van der Waals surface area contributed by atoms with E-state index in [2.05, 4.69) is 0 Å². The zero-order valence-electron chi connectivity index (χ0n) is 5.14. The minimum atomic E-state index is -0.122. The first kappa shape index (κ1) is 5.72. The van der Waals surface area contributed by atoms with Gasteiger partial charge < -0.3 is 0 Å². The van der Waals surface area contributed by atoms with E-state index in [1.165, 1.54) is 6.42 Å². The van der Waals surface area contributed by atoms with Gasteiger partial charge in [-0.1, -0.05) is 0 Å². The average molecular weight is 145 g/mol. The van der Waals surface area contributed by atoms with Crippen molar-refractivity contribution < 1.29 is 4.79 Å². The van der Waals surface area contributed by atoms with Crippen LogP contribution in [0.5, 0.6) is 0 Å². The standard InChI is InChI=1S/C7H9ClO/c8-6-4-1-2-5(3-4)7(6)9/h4-6H,1-3H2. The van der Waals surface area contributed by atoms with Gasteiger partial charge in [0.2, 0.25) is 0 Å². The molecule has 0 aromatic rings. The molecule has 0 heterocycles. The van der Waals surface area contributed by atoms with Gasteiger partial charge in [-0.25, -0.2) is 0 Å². The number of halogens is 1. The van der Waals surface area contributed by atoms with Gasteiger partial charge in [0.25, 0.3) is 0 Å². The fraction of sp³-hybridized carbons (Fsp3) is 0.857. The maximum Gasteiger partial charge on any atom is 0.154 e. The summed E-state index contributed by atoms with van der Waals surface area (Å²) in [5.41, 5.74) is 0. The van der Waals surface area contributed by atoms with Gasteiger partial charge in [0.15, 0.2) is 5.78 Å². The van der Waals surface area contributed by atoms with E-state index in [4.69, 9.17) is 11.6 Å². The van der Waals surface area contributed by atoms with Crippen molar-refractivity contribution in [1.82, 2.24) is 0 Å². The Labute approximate surface area is 59.4 Å². The van der Waals surface area contributed by atoms with Crippen LogP contribution < -0.4 is 0 Å². The summed E-state index contributed by atoms with van der Waals surface area (Å²) in [6, 6.07) is 0. The largest absolute Gasteiger partial charge is 0.298 e. The molecule has 2 saturated carbocycles. The predicted octanol–water partition coefficient (Wildman–Crippen LogP) is 1.59. The molecule has 0 aromatic heterocycles. The highest BCUT2D eigenvalue weighted by atomic mass is 35.5. The average Bonchev–Trinajstić information content (AvgIpc) is 2.37. The number of carbonyl (C=O) groups excluding carboxylic acids is 1. The highest BCUT2D eigenvalue weighted by Crippen LogP contribution is 2.44. The van der Waals surface area contributed by atoms with Crippen molar-refractivity contribution in [2.45, 2.75) is 24.6 Å². The highest BCUT2D eigenvalue weighted by Gasteiger charge is 2.45. The topological polar surface area (TPSA) is 17.1 Å². The Morgan fingerprint density at radius 2 is 2.22 bits per heavy atom. The molecule has 1 nitrogen and oxygen atoms in total. The molecule has 2 aliphatic rings. The molecule has 0 N–H and O–H groups in total. The van der Waals surface area contributed by atoms with Crippen molar-refractivity contribution in [1.29, 1.82) is 0 Å². The van der Waals surface area contributed by atoms with Gasteiger partial charge in [-0.05, 0) is 25.2 Å². The Morgan fingerprint density at radius 3 is 2.56 bits per heavy atom. The molecule has 50 valence electrons. The predicted molar refractivity (Wildman–Crippen MR) is 35.5 cm³/mol. The zero-order valence-corrected chi connectivity index (χ0v) is 5.90. The van der Waals surface area contributed by atoms with Gasteiger partial charge in [0, 0.05) is 5.92 Å². The molecule has 2 aliphatic carbocycles. The number of hydrogen-bond donors (Lipinski definition) is 0. The van der Waals surface area contributed by atoms with Gasteiger partial charge in [-0.15, -0.1) is 11.6 Å². The van der Waals surface area contributed by atoms with Crippen molar-refractivity contribution in [3.05, 3.63) is 0 Å². The second-order valence-corrected chi connectivity index (χ2v) is 3.54. The van der Waals surface area contributed by atoms with Gasteiger partial charge in [0.05, 0.1) is 5.38 Å². The Hall–Kier alpha value is -0.0400. The van der Waals surface area contributed by atoms with Crippen molar-refractivity contribution in [3.8, 4) is 0 Å². The quantitative estimate of drug-likeness (QED) is 0.472. The van der Waals surface area contributed by atoms with Crippen molar-refractivity contribution in [2.75, 3.05) is 0 Å². The Kier molecular flexibility index (Phi) is 1.10. The minimum Gasteiger partial charge on any atom is -0.298 e. The molecule has 0 amide bonds. The van der Waals surface area contributed by atoms with Crippen LogP contribution in [-0.2, 0) is 4.79 Å². The molecule has 0 aromatic carbocycles. The van der Waals surface area contributed by atoms with Crippen LogP contribution >= 0.6 is 11.6 Å². The molecule has 0 aliphatic heterocycles. The lowest BCUT2D eigenvalue weighted by molar-refractivity contribution is -0.121. The molecule has 9 heavy (non-hydrogen) atoms. The summed E-state index contributed by atoms with van der Waals surface area (Å²) in [5, 5.41) is -0.122. The van der Waals surface area contributed by atoms with Gasteiger partial charge >= 0.3 is 0 Å². The van der Waals surface area contributed by atoms with E-state index >= 15 is 0 Å². The van der Waals surface area contributed by atoms with Crippen LogP contribution in [0, 0.1) is 11.8 Å². The molecular weight excluding hydrogens is 136 g/mol. The fourth-order valence-electron chi connectivity index (χ4n) is 2.00. The van der Waals surface area contributed by atoms with Gasteiger partial charge in [-0.2, -0.15) is 0 Å². The molecule has 0 spiro atoms. The van der Waals surface area contributed by atoms with Crippen LogP contribution in [0.15, 0.2) is 0 Å². The third kappa shape index (κ3) is 0.644. The lowest BCUT2D eigenvalue weighted by Crippen LogP contribution is -2.21. The van der Waals surface area contributed by atoms with E-state index in [1.807, 2.05) is 0 Å². The van der Waals surface area contributed by atoms with Gasteiger partial charge in [-0.3, -0.25) is 4.79 Å². The van der Waals surface area contributed by atoms with Crippen LogP contribution in [0.3, 0.4) is 0 Å². The third-order valence-corrected chi connectivity index (χ3v) is 3.13. The summed E-state index contributed by atoms with van der Waals surface area (Å²) in [4.78, 5) is 11.0. The molecular formula is C7H9ClO. The zero-order chi connectivity index (χ0) is 6.43. The molecule has 2 rings (SSSR count). The van der Waals surface area contributed by atoms with Crippen molar-refractivity contribution in [3.63, 3.8) is 0 Å². The summed E-state index contributed by atoms with van der Waals surface area (Å²) in [6.45, 7) is 0. The third-order valence-electron chi connectivity index (χ3n) is 2.56. The lowest BCUT2D eigenvalue weighted by atomic mass is 9.99. The maximum atomic E-state index is 11.0. The van der Waals surface area contributed by atoms with E-state index in [0.29, 0.717) is 17.6 Å². The first-order valence-corrected chi connectivity index (χ1v) is 3.90. The van der Waals surface area contributed by atoms with Crippen molar-refractivity contribution in [2.24, 2.45) is 11.8 Å². The number of alkyl halides is 1. The molecule has 2 fully saturated rings. The van der Waals surface area contributed by atoms with Gasteiger partial charge in [0.1, 0.15) is 0 Å². The normalized spacial score (nSPS) is 48.6. The molecule has 2 bridgehead atoms. The van der Waals surface area contributed by atoms with E-state index in [9.17, 15) is 4.79 Å². The molecule has 3 unspecified atom stereocenters. The summed E-state index contributed by atoms with van der Waals surface area (Å²) in [5.74, 6) is 1.19. The maximum absolute atomic E-state index is 11.0. The first-order chi connectivity index (χ1) is 4.29. The van der Waals surface area contributed by atoms with Crippen LogP contribution in [-0.4, -0.2) is 11.2 Å². The number of Topliss-reactive ketones (excluding diaryl/α,β-unsaturated/α-hetero) is 1. The minimum absolute atomic E-state index is 0.122. The van der Waals surface area contributed by atoms with E-state index < -0.39 is 0 Å². The Bertz CT molecular complexity index is 151. The Balaban J connectivity index is 2.25. The lowest BCUT2D eigenvalue weighted by Gasteiger charge is -2.12. The SMILES string of the molecule is O=C1C2CCC(C2)C1Cl. The van der Waals surface area contributed by atoms with E-state index in [0.717, 1.165) is 12.8 Å². The molecule has 0 saturated heterocycles. The summed E-state index contributed by atoms with van der Waals surface area (Å²) < 4.78 is 0. The van der Waals surface area contributed by atoms with Crippen LogP contribution in [0.2, 0.25) is 0 Å². The molecule has 3 atom stereocenters. The van der Waals surface area contributed by atoms with Crippen LogP contribution in [0.1, 0.15) is 19.3 Å². The van der Waals surface area contributed by atoms with E-state index in [1.54, 1.807) is 0 Å². The van der Waals surface area contributed by atoms with Crippen LogP contribution in [0.25, 0.3) is 0 Å². The summed E-state index contributed by atoms with van der Waals surface area (Å²) in [6.07, 6.45) is 3.37. The first-order valence-electron chi connectivity index (χ1n) is 3.47. The number of fused-ring (bicyclic) bond motifs is 2. The second kappa shape index (κ2) is 1.72. The molecule has 0 radical (unpaired) electrons. The molecule has 2 heteroatoms. The summed E-state index contributed by atoms with van der Waals surface area (Å²) >= 11 is 5.81.